The topological polar surface area (TPSA) is 89.1 Å². The standard InChI is InChI=1S/C21H28N4O4/c1-15-2-3-18-16(12-15)17(13-22-18)20(21(27)28)25-6-4-23(5-7-25)14-19(26)24-8-10-29-11-9-24/h2-3,12-13,20,22H,4-11,14H2,1H3,(H,27,28). The van der Waals surface area contributed by atoms with E-state index in [0.717, 1.165) is 22.0 Å². The van der Waals surface area contributed by atoms with Crippen molar-refractivity contribution >= 4 is 22.8 Å². The monoisotopic (exact) mass is 400 g/mol. The molecular formula is C21H28N4O4. The number of aromatic nitrogens is 1. The number of nitrogens with zero attached hydrogens (tertiary/aromatic N) is 3. The zero-order valence-corrected chi connectivity index (χ0v) is 16.8. The molecule has 8 heteroatoms. The molecule has 2 saturated heterocycles. The molecule has 3 heterocycles. The van der Waals surface area contributed by atoms with Crippen LogP contribution in [0, 0.1) is 6.92 Å². The molecule has 0 radical (unpaired) electrons. The van der Waals surface area contributed by atoms with Gasteiger partial charge in [0, 0.05) is 61.9 Å². The summed E-state index contributed by atoms with van der Waals surface area (Å²) in [7, 11) is 0. The van der Waals surface area contributed by atoms with Crippen LogP contribution in [-0.4, -0.2) is 95.7 Å². The number of H-pyrrole nitrogens is 1. The largest absolute Gasteiger partial charge is 0.480 e. The van der Waals surface area contributed by atoms with Gasteiger partial charge in [0.15, 0.2) is 0 Å². The summed E-state index contributed by atoms with van der Waals surface area (Å²) in [6.45, 7) is 7.50. The van der Waals surface area contributed by atoms with E-state index in [1.165, 1.54) is 0 Å². The number of aromatic amines is 1. The first kappa shape index (κ1) is 19.9. The van der Waals surface area contributed by atoms with E-state index in [1.54, 1.807) is 0 Å². The van der Waals surface area contributed by atoms with Gasteiger partial charge in [-0.1, -0.05) is 11.6 Å². The second kappa shape index (κ2) is 8.52. The number of benzene rings is 1. The maximum Gasteiger partial charge on any atom is 0.325 e. The average Bonchev–Trinajstić information content (AvgIpc) is 3.12. The highest BCUT2D eigenvalue weighted by molar-refractivity contribution is 5.89. The molecule has 1 unspecified atom stereocenters. The summed E-state index contributed by atoms with van der Waals surface area (Å²) < 4.78 is 5.30. The van der Waals surface area contributed by atoms with Crippen LogP contribution in [0.15, 0.2) is 24.4 Å². The van der Waals surface area contributed by atoms with Crippen molar-refractivity contribution in [3.63, 3.8) is 0 Å². The SMILES string of the molecule is Cc1ccc2[nH]cc(C(C(=O)O)N3CCN(CC(=O)N4CCOCC4)CC3)c2c1. The lowest BCUT2D eigenvalue weighted by atomic mass is 10.0. The van der Waals surface area contributed by atoms with Crippen LogP contribution >= 0.6 is 0 Å². The number of rotatable bonds is 5. The van der Waals surface area contributed by atoms with Gasteiger partial charge in [-0.2, -0.15) is 0 Å². The van der Waals surface area contributed by atoms with Crippen LogP contribution in [0.4, 0.5) is 0 Å². The van der Waals surface area contributed by atoms with Gasteiger partial charge < -0.3 is 19.7 Å². The minimum Gasteiger partial charge on any atom is -0.480 e. The van der Waals surface area contributed by atoms with Crippen LogP contribution in [0.5, 0.6) is 0 Å². The smallest absolute Gasteiger partial charge is 0.325 e. The Labute approximate surface area is 170 Å². The first-order chi connectivity index (χ1) is 14.0. The summed E-state index contributed by atoms with van der Waals surface area (Å²) in [5, 5.41) is 10.9. The number of aliphatic carboxylic acids is 1. The normalized spacial score (nSPS) is 20.1. The van der Waals surface area contributed by atoms with Crippen LogP contribution in [0.25, 0.3) is 10.9 Å². The number of nitrogens with one attached hydrogen (secondary N) is 1. The number of fused-ring (bicyclic) bond motifs is 1. The van der Waals surface area contributed by atoms with Gasteiger partial charge in [-0.3, -0.25) is 19.4 Å². The number of carbonyl (C=O) groups is 2. The molecular weight excluding hydrogens is 372 g/mol. The van der Waals surface area contributed by atoms with Gasteiger partial charge in [0.25, 0.3) is 0 Å². The van der Waals surface area contributed by atoms with Crippen molar-refractivity contribution in [1.82, 2.24) is 19.7 Å². The summed E-state index contributed by atoms with van der Waals surface area (Å²) >= 11 is 0. The first-order valence-electron chi connectivity index (χ1n) is 10.2. The van der Waals surface area contributed by atoms with Crippen molar-refractivity contribution in [1.29, 1.82) is 0 Å². The molecule has 156 valence electrons. The second-order valence-corrected chi connectivity index (χ2v) is 7.84. The molecule has 0 bridgehead atoms. The van der Waals surface area contributed by atoms with Gasteiger partial charge in [-0.15, -0.1) is 0 Å². The van der Waals surface area contributed by atoms with Crippen molar-refractivity contribution in [3.05, 3.63) is 35.5 Å². The number of carboxylic acid groups (broad SMARTS) is 1. The number of morpholine rings is 1. The molecule has 1 aromatic carbocycles. The number of ether oxygens (including phenoxy) is 1. The van der Waals surface area contributed by atoms with E-state index in [9.17, 15) is 14.7 Å². The molecule has 29 heavy (non-hydrogen) atoms. The van der Waals surface area contributed by atoms with Crippen LogP contribution in [-0.2, 0) is 14.3 Å². The highest BCUT2D eigenvalue weighted by atomic mass is 16.5. The lowest BCUT2D eigenvalue weighted by Gasteiger charge is -2.38. The highest BCUT2D eigenvalue weighted by Crippen LogP contribution is 2.30. The zero-order chi connectivity index (χ0) is 20.4. The van der Waals surface area contributed by atoms with Gasteiger partial charge in [0.2, 0.25) is 5.91 Å². The van der Waals surface area contributed by atoms with E-state index < -0.39 is 12.0 Å². The Morgan fingerprint density at radius 3 is 2.55 bits per heavy atom. The number of aryl methyl sites for hydroxylation is 1. The maximum absolute atomic E-state index is 12.5. The van der Waals surface area contributed by atoms with E-state index in [2.05, 4.69) is 9.88 Å². The van der Waals surface area contributed by atoms with E-state index in [1.807, 2.05) is 41.1 Å². The minimum absolute atomic E-state index is 0.128. The Morgan fingerprint density at radius 2 is 1.86 bits per heavy atom. The summed E-state index contributed by atoms with van der Waals surface area (Å²) in [4.78, 5) is 33.8. The Bertz CT molecular complexity index is 882. The summed E-state index contributed by atoms with van der Waals surface area (Å²) in [5.74, 6) is -0.714. The molecule has 2 aliphatic rings. The van der Waals surface area contributed by atoms with Crippen molar-refractivity contribution in [3.8, 4) is 0 Å². The molecule has 8 nitrogen and oxygen atoms in total. The van der Waals surface area contributed by atoms with Gasteiger partial charge in [-0.25, -0.2) is 0 Å². The molecule has 0 aliphatic carbocycles. The number of hydrogen-bond acceptors (Lipinski definition) is 5. The molecule has 1 amide bonds. The fourth-order valence-corrected chi connectivity index (χ4v) is 4.25. The van der Waals surface area contributed by atoms with Crippen LogP contribution in [0.3, 0.4) is 0 Å². The molecule has 2 aromatic rings. The second-order valence-electron chi connectivity index (χ2n) is 7.84. The zero-order valence-electron chi connectivity index (χ0n) is 16.8. The number of amides is 1. The predicted octanol–water partition coefficient (Wildman–Crippen LogP) is 1.08. The van der Waals surface area contributed by atoms with Crippen molar-refractivity contribution in [2.75, 3.05) is 59.0 Å². The third-order valence-electron chi connectivity index (χ3n) is 5.89. The third kappa shape index (κ3) is 4.29. The maximum atomic E-state index is 12.5. The van der Waals surface area contributed by atoms with E-state index in [-0.39, 0.29) is 5.91 Å². The van der Waals surface area contributed by atoms with E-state index >= 15 is 0 Å². The molecule has 2 aliphatic heterocycles. The Kier molecular flexibility index (Phi) is 5.84. The van der Waals surface area contributed by atoms with Crippen LogP contribution in [0.1, 0.15) is 17.2 Å². The third-order valence-corrected chi connectivity index (χ3v) is 5.89. The van der Waals surface area contributed by atoms with E-state index in [4.69, 9.17) is 4.74 Å². The Hall–Kier alpha value is -2.42. The number of carbonyl (C=O) groups excluding carboxylic acids is 1. The molecule has 2 fully saturated rings. The lowest BCUT2D eigenvalue weighted by molar-refractivity contribution is -0.145. The first-order valence-corrected chi connectivity index (χ1v) is 10.2. The molecule has 2 N–H and O–H groups in total. The van der Waals surface area contributed by atoms with Gasteiger partial charge in [0.1, 0.15) is 6.04 Å². The quantitative estimate of drug-likeness (QED) is 0.781. The fraction of sp³-hybridized carbons (Fsp3) is 0.524. The van der Waals surface area contributed by atoms with Crippen molar-refractivity contribution in [2.45, 2.75) is 13.0 Å². The number of carboxylic acids is 1. The number of hydrogen-bond donors (Lipinski definition) is 2. The highest BCUT2D eigenvalue weighted by Gasteiger charge is 2.33. The van der Waals surface area contributed by atoms with Crippen molar-refractivity contribution < 1.29 is 19.4 Å². The van der Waals surface area contributed by atoms with Gasteiger partial charge >= 0.3 is 5.97 Å². The number of piperazine rings is 1. The summed E-state index contributed by atoms with van der Waals surface area (Å²) in [5.41, 5.74) is 2.86. The Morgan fingerprint density at radius 1 is 1.14 bits per heavy atom. The van der Waals surface area contributed by atoms with Crippen LogP contribution < -0.4 is 0 Å². The van der Waals surface area contributed by atoms with Crippen molar-refractivity contribution in [2.24, 2.45) is 0 Å². The molecule has 0 spiro atoms. The Balaban J connectivity index is 1.42. The molecule has 4 rings (SSSR count). The van der Waals surface area contributed by atoms with Gasteiger partial charge in [-0.05, 0) is 19.1 Å². The molecule has 1 aromatic heterocycles. The summed E-state index contributed by atoms with van der Waals surface area (Å²) in [6, 6.07) is 5.35. The molecule has 1 atom stereocenters. The van der Waals surface area contributed by atoms with Crippen LogP contribution in [0.2, 0.25) is 0 Å². The average molecular weight is 400 g/mol. The predicted molar refractivity (Wildman–Crippen MR) is 109 cm³/mol. The molecule has 0 saturated carbocycles. The van der Waals surface area contributed by atoms with Gasteiger partial charge in [0.05, 0.1) is 19.8 Å². The lowest BCUT2D eigenvalue weighted by Crippen LogP contribution is -2.52. The minimum atomic E-state index is -0.842. The van der Waals surface area contributed by atoms with E-state index in [0.29, 0.717) is 59.0 Å². The fourth-order valence-electron chi connectivity index (χ4n) is 4.25. The summed E-state index contributed by atoms with van der Waals surface area (Å²) in [6.07, 6.45) is 1.82.